The number of aromatic carboxylic acids is 1. The number of furan rings is 1. The van der Waals surface area contributed by atoms with Gasteiger partial charge in [0.25, 0.3) is 0 Å². The Balaban J connectivity index is 0.000000379. The number of amides is 3. The molecule has 3 N–H and O–H groups in total. The Morgan fingerprint density at radius 3 is 2.33 bits per heavy atom. The largest absolute Gasteiger partial charge is 0.475 e. The summed E-state index contributed by atoms with van der Waals surface area (Å²) in [7, 11) is 0. The van der Waals surface area contributed by atoms with Crippen LogP contribution in [-0.4, -0.2) is 64.8 Å². The number of ketones is 1. The van der Waals surface area contributed by atoms with Gasteiger partial charge in [-0.2, -0.15) is 0 Å². The molecule has 1 aromatic heterocycles. The summed E-state index contributed by atoms with van der Waals surface area (Å²) >= 11 is 0. The minimum absolute atomic E-state index is 0.0174. The number of benzene rings is 2. The number of hydrogen-bond acceptors (Lipinski definition) is 7. The quantitative estimate of drug-likeness (QED) is 0.311. The second kappa shape index (κ2) is 15.9. The third-order valence-corrected chi connectivity index (χ3v) is 7.08. The summed E-state index contributed by atoms with van der Waals surface area (Å²) < 4.78 is 10.4. The summed E-state index contributed by atoms with van der Waals surface area (Å²) in [6.07, 6.45) is 0.899. The topological polar surface area (TPSA) is 155 Å². The Morgan fingerprint density at radius 2 is 1.71 bits per heavy atom. The number of carbonyl (C=O) groups excluding carboxylic acids is 4. The lowest BCUT2D eigenvalue weighted by atomic mass is 9.94. The number of ether oxygens (including phenoxy) is 1. The highest BCUT2D eigenvalue weighted by molar-refractivity contribution is 5.95. The number of nitrogens with zero attached hydrogens (tertiary/aromatic N) is 1. The van der Waals surface area contributed by atoms with Crippen LogP contribution in [0.1, 0.15) is 70.0 Å². The molecular weight excluding hydrogens is 578 g/mol. The molecule has 11 nitrogen and oxygen atoms in total. The third kappa shape index (κ3) is 10.8. The Hall–Kier alpha value is -4.67. The number of nitrogens with one attached hydrogen (secondary N) is 2. The van der Waals surface area contributed by atoms with Gasteiger partial charge in [-0.3, -0.25) is 14.4 Å². The molecule has 0 aliphatic carbocycles. The second-order valence-electron chi connectivity index (χ2n) is 12.5. The van der Waals surface area contributed by atoms with Crippen LogP contribution in [0.3, 0.4) is 0 Å². The normalized spacial score (nSPS) is 15.8. The average molecular weight is 622 g/mol. The van der Waals surface area contributed by atoms with Crippen LogP contribution in [0.25, 0.3) is 11.0 Å². The van der Waals surface area contributed by atoms with E-state index >= 15 is 0 Å². The molecule has 1 fully saturated rings. The van der Waals surface area contributed by atoms with Crippen molar-refractivity contribution >= 4 is 40.6 Å². The first-order valence-corrected chi connectivity index (χ1v) is 15.1. The van der Waals surface area contributed by atoms with Gasteiger partial charge in [0.1, 0.15) is 18.2 Å². The van der Waals surface area contributed by atoms with Crippen LogP contribution >= 0.6 is 0 Å². The van der Waals surface area contributed by atoms with Crippen molar-refractivity contribution in [3.8, 4) is 0 Å². The number of likely N-dealkylation sites (tertiary alicyclic amines) is 1. The first-order chi connectivity index (χ1) is 21.2. The van der Waals surface area contributed by atoms with Crippen LogP contribution in [0.15, 0.2) is 65.1 Å². The van der Waals surface area contributed by atoms with Crippen LogP contribution < -0.4 is 10.6 Å². The Kier molecular flexibility index (Phi) is 12.3. The molecule has 0 saturated carbocycles. The molecule has 2 atom stereocenters. The van der Waals surface area contributed by atoms with Crippen LogP contribution in [0.5, 0.6) is 0 Å². The number of carbonyl (C=O) groups is 5. The van der Waals surface area contributed by atoms with Crippen LogP contribution in [0.2, 0.25) is 0 Å². The van der Waals surface area contributed by atoms with E-state index in [1.807, 2.05) is 56.3 Å². The van der Waals surface area contributed by atoms with Crippen LogP contribution in [-0.2, 0) is 25.7 Å². The number of hydrogen-bond donors (Lipinski definition) is 3. The first kappa shape index (κ1) is 34.8. The molecule has 45 heavy (non-hydrogen) atoms. The van der Waals surface area contributed by atoms with Gasteiger partial charge in [-0.25, -0.2) is 9.59 Å². The maximum Gasteiger partial charge on any atom is 0.410 e. The standard InChI is InChI=1S/C25H37N3O5.C9H6O3/c1-17(2)14-20(27-23(31)25(3,4)5)22(30)26-19-12-9-13-28(15-21(19)29)24(32)33-16-18-10-7-6-8-11-18;10-9(11)8-5-6-3-1-2-4-7(6)12-8/h6-8,10-11,17,19-20H,9,12-16H2,1-5H3,(H,26,30)(H,27,31);1-5H,(H,10,11)/t19?,20-;/m0./s1. The Morgan fingerprint density at radius 1 is 1.04 bits per heavy atom. The smallest absolute Gasteiger partial charge is 0.410 e. The molecule has 2 aromatic carbocycles. The first-order valence-electron chi connectivity index (χ1n) is 15.1. The predicted octanol–water partition coefficient (Wildman–Crippen LogP) is 5.18. The highest BCUT2D eigenvalue weighted by Crippen LogP contribution is 2.19. The SMILES string of the molecule is CC(C)C[C@H](NC(=O)C(C)(C)C)C(=O)NC1CCCN(C(=O)OCc2ccccc2)CC1=O.O=C(O)c1cc2ccccc2o1. The van der Waals surface area contributed by atoms with Crippen molar-refractivity contribution in [1.82, 2.24) is 15.5 Å². The molecule has 1 aliphatic rings. The Bertz CT molecular complexity index is 1440. The summed E-state index contributed by atoms with van der Waals surface area (Å²) in [5.41, 5.74) is 0.842. The van der Waals surface area contributed by atoms with Crippen molar-refractivity contribution < 1.29 is 38.2 Å². The monoisotopic (exact) mass is 621 g/mol. The number of para-hydroxylation sites is 1. The molecule has 0 bridgehead atoms. The fraction of sp³-hybridized carbons (Fsp3) is 0.441. The van der Waals surface area contributed by atoms with Crippen molar-refractivity contribution in [2.24, 2.45) is 11.3 Å². The van der Waals surface area contributed by atoms with Gasteiger partial charge in [0.15, 0.2) is 5.78 Å². The lowest BCUT2D eigenvalue weighted by Crippen LogP contribution is -2.54. The molecule has 0 radical (unpaired) electrons. The fourth-order valence-electron chi connectivity index (χ4n) is 4.58. The molecule has 1 aliphatic heterocycles. The van der Waals surface area contributed by atoms with Gasteiger partial charge < -0.3 is 29.8 Å². The van der Waals surface area contributed by atoms with Crippen molar-refractivity contribution in [2.75, 3.05) is 13.1 Å². The lowest BCUT2D eigenvalue weighted by Gasteiger charge is -2.26. The van der Waals surface area contributed by atoms with E-state index in [2.05, 4.69) is 10.6 Å². The van der Waals surface area contributed by atoms with Crippen molar-refractivity contribution in [3.05, 3.63) is 72.0 Å². The molecule has 3 amide bonds. The number of Topliss-reactive ketones (excluding diaryl/α,β-unsaturated/α-hetero) is 1. The van der Waals surface area contributed by atoms with Crippen LogP contribution in [0, 0.1) is 11.3 Å². The van der Waals surface area contributed by atoms with E-state index in [1.54, 1.807) is 32.9 Å². The minimum atomic E-state index is -1.04. The number of rotatable bonds is 8. The third-order valence-electron chi connectivity index (χ3n) is 7.08. The van der Waals surface area contributed by atoms with Gasteiger partial charge in [0.05, 0.1) is 12.6 Å². The predicted molar refractivity (Wildman–Crippen MR) is 168 cm³/mol. The van der Waals surface area contributed by atoms with Crippen LogP contribution in [0.4, 0.5) is 4.79 Å². The molecule has 1 saturated heterocycles. The summed E-state index contributed by atoms with van der Waals surface area (Å²) in [6.45, 7) is 9.68. The Labute approximate surface area is 263 Å². The molecule has 0 spiro atoms. The van der Waals surface area contributed by atoms with E-state index in [-0.39, 0.29) is 42.4 Å². The summed E-state index contributed by atoms with van der Waals surface area (Å²) in [4.78, 5) is 62.5. The van der Waals surface area contributed by atoms with Crippen molar-refractivity contribution in [1.29, 1.82) is 0 Å². The molecule has 1 unspecified atom stereocenters. The van der Waals surface area contributed by atoms with Gasteiger partial charge >= 0.3 is 12.1 Å². The van der Waals surface area contributed by atoms with Crippen molar-refractivity contribution in [3.63, 3.8) is 0 Å². The summed E-state index contributed by atoms with van der Waals surface area (Å²) in [5.74, 6) is -1.71. The number of fused-ring (bicyclic) bond motifs is 1. The van der Waals surface area contributed by atoms with E-state index in [0.29, 0.717) is 31.4 Å². The molecule has 3 aromatic rings. The maximum absolute atomic E-state index is 13.0. The minimum Gasteiger partial charge on any atom is -0.475 e. The molecule has 2 heterocycles. The van der Waals surface area contributed by atoms with E-state index in [1.165, 1.54) is 11.0 Å². The summed E-state index contributed by atoms with van der Waals surface area (Å²) in [6, 6.07) is 16.6. The van der Waals surface area contributed by atoms with Crippen molar-refractivity contribution in [2.45, 2.75) is 72.6 Å². The van der Waals surface area contributed by atoms with E-state index < -0.39 is 29.6 Å². The van der Waals surface area contributed by atoms with Gasteiger partial charge in [-0.05, 0) is 42.9 Å². The summed E-state index contributed by atoms with van der Waals surface area (Å²) in [5, 5.41) is 15.0. The average Bonchev–Trinajstić information content (AvgIpc) is 3.35. The maximum atomic E-state index is 13.0. The number of carboxylic acid groups (broad SMARTS) is 1. The van der Waals surface area contributed by atoms with Gasteiger partial charge in [0.2, 0.25) is 17.6 Å². The zero-order valence-electron chi connectivity index (χ0n) is 26.5. The molecule has 11 heteroatoms. The molecule has 242 valence electrons. The molecule has 4 rings (SSSR count). The highest BCUT2D eigenvalue weighted by Gasteiger charge is 2.33. The van der Waals surface area contributed by atoms with E-state index in [4.69, 9.17) is 14.3 Å². The zero-order chi connectivity index (χ0) is 33.1. The molecular formula is C34H43N3O8. The van der Waals surface area contributed by atoms with Gasteiger partial charge in [-0.15, -0.1) is 0 Å². The van der Waals surface area contributed by atoms with Gasteiger partial charge in [-0.1, -0.05) is 83.1 Å². The van der Waals surface area contributed by atoms with E-state index in [9.17, 15) is 24.0 Å². The lowest BCUT2D eigenvalue weighted by molar-refractivity contribution is -0.134. The van der Waals surface area contributed by atoms with Gasteiger partial charge in [0, 0.05) is 17.3 Å². The highest BCUT2D eigenvalue weighted by atomic mass is 16.6. The van der Waals surface area contributed by atoms with E-state index in [0.717, 1.165) is 10.9 Å². The fourth-order valence-corrected chi connectivity index (χ4v) is 4.58. The second-order valence-corrected chi connectivity index (χ2v) is 12.5. The number of carboxylic acids is 1. The zero-order valence-corrected chi connectivity index (χ0v) is 26.5.